The first-order valence-electron chi connectivity index (χ1n) is 18.6. The SMILES string of the molecule is CN[C@@H](C)C(=O)N(C)CC(=O)CN[C@@H](CC(=O)O)C(=O)N[C@@H](CCCCNC(=O)CN1CCN(CCO)CCN(CC(=O)O)CCN(CC(=O)O)CC1)C(N)=O. The number of unbranched alkanes of at least 4 members (excludes halogenated alkanes) is 1. The number of aliphatic hydroxyl groups is 1. The highest BCUT2D eigenvalue weighted by Crippen LogP contribution is 2.05. The van der Waals surface area contributed by atoms with Crippen molar-refractivity contribution in [3.05, 3.63) is 0 Å². The second kappa shape index (κ2) is 27.3. The molecule has 22 heteroatoms. The Morgan fingerprint density at radius 1 is 0.750 bits per heavy atom. The molecule has 0 aromatic rings. The zero-order valence-electron chi connectivity index (χ0n) is 32.7. The van der Waals surface area contributed by atoms with Gasteiger partial charge in [-0.1, -0.05) is 0 Å². The Morgan fingerprint density at radius 3 is 1.73 bits per heavy atom. The first kappa shape index (κ1) is 49.7. The number of Topliss-reactive ketones (excluding diaryl/α,β-unsaturated/α-hetero) is 1. The van der Waals surface area contributed by atoms with Gasteiger partial charge in [0.05, 0.1) is 57.8 Å². The van der Waals surface area contributed by atoms with Gasteiger partial charge in [0.2, 0.25) is 23.6 Å². The summed E-state index contributed by atoms with van der Waals surface area (Å²) in [6, 6.07) is -3.06. The topological polar surface area (TPSA) is 308 Å². The minimum atomic E-state index is -1.38. The van der Waals surface area contributed by atoms with Crippen LogP contribution in [0.1, 0.15) is 32.6 Å². The molecular formula is C34H62N10O12. The fourth-order valence-electron chi connectivity index (χ4n) is 5.84. The number of hydrogen-bond donors (Lipinski definition) is 9. The zero-order chi connectivity index (χ0) is 42.2. The van der Waals surface area contributed by atoms with E-state index in [4.69, 9.17) is 5.73 Å². The summed E-state index contributed by atoms with van der Waals surface area (Å²) in [5.74, 6) is -6.17. The van der Waals surface area contributed by atoms with Crippen LogP contribution in [0.25, 0.3) is 0 Å². The molecule has 1 fully saturated rings. The summed E-state index contributed by atoms with van der Waals surface area (Å²) in [6.07, 6.45) is 0.139. The number of likely N-dealkylation sites (N-methyl/N-ethyl adjacent to an activating group) is 2. The van der Waals surface area contributed by atoms with Gasteiger partial charge in [0.1, 0.15) is 6.04 Å². The number of rotatable bonds is 25. The van der Waals surface area contributed by atoms with Crippen LogP contribution in [0.3, 0.4) is 0 Å². The molecule has 0 spiro atoms. The first-order valence-corrected chi connectivity index (χ1v) is 18.6. The number of aliphatic hydroxyl groups excluding tert-OH is 1. The average Bonchev–Trinajstić information content (AvgIpc) is 3.12. The van der Waals surface area contributed by atoms with Crippen LogP contribution in [0.15, 0.2) is 0 Å². The molecule has 320 valence electrons. The van der Waals surface area contributed by atoms with Crippen molar-refractivity contribution in [2.45, 2.75) is 50.7 Å². The van der Waals surface area contributed by atoms with Crippen LogP contribution < -0.4 is 27.0 Å². The number of nitrogens with one attached hydrogen (secondary N) is 4. The van der Waals surface area contributed by atoms with Gasteiger partial charge in [-0.3, -0.25) is 63.3 Å². The molecule has 0 radical (unpaired) electrons. The number of ketones is 1. The van der Waals surface area contributed by atoms with Crippen molar-refractivity contribution in [2.24, 2.45) is 5.73 Å². The first-order chi connectivity index (χ1) is 26.4. The number of aliphatic carboxylic acids is 3. The van der Waals surface area contributed by atoms with Gasteiger partial charge in [-0.05, 0) is 33.2 Å². The predicted octanol–water partition coefficient (Wildman–Crippen LogP) is -5.31. The van der Waals surface area contributed by atoms with Gasteiger partial charge in [0.15, 0.2) is 5.78 Å². The number of amides is 4. The zero-order valence-corrected chi connectivity index (χ0v) is 32.7. The molecule has 0 aromatic carbocycles. The fourth-order valence-corrected chi connectivity index (χ4v) is 5.84. The summed E-state index contributed by atoms with van der Waals surface area (Å²) in [6.45, 7) is 4.02. The Balaban J connectivity index is 2.73. The molecule has 4 amide bonds. The average molecular weight is 803 g/mol. The van der Waals surface area contributed by atoms with E-state index in [0.29, 0.717) is 71.7 Å². The molecule has 1 saturated heterocycles. The molecule has 0 saturated carbocycles. The number of carboxylic acids is 3. The summed E-state index contributed by atoms with van der Waals surface area (Å²) in [7, 11) is 3.03. The maximum Gasteiger partial charge on any atom is 0.317 e. The Bertz CT molecular complexity index is 1310. The number of primary amides is 1. The summed E-state index contributed by atoms with van der Waals surface area (Å²) in [5.41, 5.74) is 5.51. The van der Waals surface area contributed by atoms with Crippen LogP contribution in [0.5, 0.6) is 0 Å². The molecule has 1 rings (SSSR count). The lowest BCUT2D eigenvalue weighted by atomic mass is 10.1. The molecule has 0 aromatic heterocycles. The van der Waals surface area contributed by atoms with E-state index in [2.05, 4.69) is 21.3 Å². The molecule has 1 heterocycles. The van der Waals surface area contributed by atoms with Gasteiger partial charge in [-0.15, -0.1) is 0 Å². The lowest BCUT2D eigenvalue weighted by Gasteiger charge is -2.33. The van der Waals surface area contributed by atoms with Crippen LogP contribution >= 0.6 is 0 Å². The second-order valence-corrected chi connectivity index (χ2v) is 13.8. The monoisotopic (exact) mass is 802 g/mol. The van der Waals surface area contributed by atoms with Gasteiger partial charge in [-0.25, -0.2) is 0 Å². The minimum absolute atomic E-state index is 0.00111. The maximum absolute atomic E-state index is 13.0. The van der Waals surface area contributed by atoms with Crippen molar-refractivity contribution in [1.29, 1.82) is 0 Å². The maximum atomic E-state index is 13.0. The lowest BCUT2D eigenvalue weighted by molar-refractivity contribution is -0.140. The Morgan fingerprint density at radius 2 is 1.27 bits per heavy atom. The third kappa shape index (κ3) is 21.7. The number of nitrogens with zero attached hydrogens (tertiary/aromatic N) is 5. The molecule has 10 N–H and O–H groups in total. The molecule has 0 aliphatic carbocycles. The summed E-state index contributed by atoms with van der Waals surface area (Å²) < 4.78 is 0. The van der Waals surface area contributed by atoms with Crippen LogP contribution in [-0.2, 0) is 38.4 Å². The van der Waals surface area contributed by atoms with Crippen molar-refractivity contribution in [3.8, 4) is 0 Å². The van der Waals surface area contributed by atoms with Gasteiger partial charge >= 0.3 is 17.9 Å². The molecular weight excluding hydrogens is 740 g/mol. The summed E-state index contributed by atoms with van der Waals surface area (Å²) in [4.78, 5) is 106. The van der Waals surface area contributed by atoms with E-state index in [-0.39, 0.29) is 57.6 Å². The van der Waals surface area contributed by atoms with Crippen molar-refractivity contribution < 1.29 is 58.8 Å². The predicted molar refractivity (Wildman–Crippen MR) is 201 cm³/mol. The number of carbonyl (C=O) groups is 8. The third-order valence-electron chi connectivity index (χ3n) is 9.17. The van der Waals surface area contributed by atoms with Crippen molar-refractivity contribution in [3.63, 3.8) is 0 Å². The number of carbonyl (C=O) groups excluding carboxylic acids is 5. The number of hydrogen-bond acceptors (Lipinski definition) is 15. The third-order valence-corrected chi connectivity index (χ3v) is 9.17. The fraction of sp³-hybridized carbons (Fsp3) is 0.765. The Labute approximate surface area is 327 Å². The van der Waals surface area contributed by atoms with Crippen molar-refractivity contribution >= 4 is 47.3 Å². The summed E-state index contributed by atoms with van der Waals surface area (Å²) in [5, 5.41) is 48.3. The Kier molecular flexibility index (Phi) is 24.2. The normalized spacial score (nSPS) is 17.0. The highest BCUT2D eigenvalue weighted by atomic mass is 16.4. The van der Waals surface area contributed by atoms with Gasteiger partial charge < -0.3 is 47.0 Å². The van der Waals surface area contributed by atoms with E-state index in [1.54, 1.807) is 23.8 Å². The Hall–Kier alpha value is -4.32. The van der Waals surface area contributed by atoms with Crippen LogP contribution in [0.2, 0.25) is 0 Å². The highest BCUT2D eigenvalue weighted by molar-refractivity contribution is 5.92. The molecule has 0 bridgehead atoms. The highest BCUT2D eigenvalue weighted by Gasteiger charge is 2.27. The number of β-amino-alcohol motifs (C(OH)–C–C–N with tert-alkyl or cyclic N) is 1. The van der Waals surface area contributed by atoms with E-state index in [0.717, 1.165) is 0 Å². The lowest BCUT2D eigenvalue weighted by Crippen LogP contribution is -2.53. The van der Waals surface area contributed by atoms with Gasteiger partial charge in [0.25, 0.3) is 0 Å². The van der Waals surface area contributed by atoms with E-state index < -0.39 is 66.6 Å². The standard InChI is InChI=1S/C34H62N10O12/c1-24(36-2)34(56)40(3)20-25(46)19-38-27(18-29(48)49)33(55)39-26(32(35)54)6-4-5-7-37-28(47)21-42-10-8-41(16-17-45)9-11-43(22-30(50)51)14-15-44(13-12-42)23-31(52)53/h24,26-27,36,38,45H,4-23H2,1-3H3,(H2,35,54)(H,37,47)(H,39,55)(H,48,49)(H,50,51)(H,52,53)/t24-,26-,27-/m0/s1. The smallest absolute Gasteiger partial charge is 0.317 e. The second-order valence-electron chi connectivity index (χ2n) is 13.8. The minimum Gasteiger partial charge on any atom is -0.481 e. The number of carboxylic acid groups (broad SMARTS) is 3. The number of nitrogens with two attached hydrogens (primary N) is 1. The van der Waals surface area contributed by atoms with Crippen LogP contribution in [-0.4, -0.2) is 229 Å². The molecule has 1 aliphatic heterocycles. The van der Waals surface area contributed by atoms with E-state index in [1.165, 1.54) is 11.9 Å². The van der Waals surface area contributed by atoms with Crippen molar-refractivity contribution in [2.75, 3.05) is 119 Å². The molecule has 56 heavy (non-hydrogen) atoms. The largest absolute Gasteiger partial charge is 0.481 e. The van der Waals surface area contributed by atoms with Crippen molar-refractivity contribution in [1.82, 2.24) is 45.8 Å². The van der Waals surface area contributed by atoms with E-state index in [1.807, 2.05) is 9.80 Å². The van der Waals surface area contributed by atoms with E-state index >= 15 is 0 Å². The van der Waals surface area contributed by atoms with Crippen LogP contribution in [0, 0.1) is 0 Å². The van der Waals surface area contributed by atoms with E-state index in [9.17, 15) is 58.8 Å². The van der Waals surface area contributed by atoms with Crippen LogP contribution in [0.4, 0.5) is 0 Å². The van der Waals surface area contributed by atoms with Gasteiger partial charge in [0, 0.05) is 72.5 Å². The quantitative estimate of drug-likeness (QED) is 0.0389. The molecule has 1 aliphatic rings. The summed E-state index contributed by atoms with van der Waals surface area (Å²) >= 11 is 0. The van der Waals surface area contributed by atoms with Gasteiger partial charge in [-0.2, -0.15) is 0 Å². The molecule has 22 nitrogen and oxygen atoms in total. The molecule has 3 atom stereocenters. The molecule has 0 unspecified atom stereocenters.